The third-order valence-electron chi connectivity index (χ3n) is 5.51. The van der Waals surface area contributed by atoms with Crippen LogP contribution in [0.5, 0.6) is 5.75 Å². The summed E-state index contributed by atoms with van der Waals surface area (Å²) in [6, 6.07) is 13.8. The van der Waals surface area contributed by atoms with Gasteiger partial charge in [-0.15, -0.1) is 10.2 Å². The van der Waals surface area contributed by atoms with Crippen molar-refractivity contribution in [3.8, 4) is 17.2 Å². The molecule has 0 aliphatic carbocycles. The van der Waals surface area contributed by atoms with Crippen molar-refractivity contribution < 1.29 is 9.15 Å². The van der Waals surface area contributed by atoms with Crippen LogP contribution in [0, 0.1) is 6.92 Å². The van der Waals surface area contributed by atoms with E-state index in [-0.39, 0.29) is 6.04 Å². The van der Waals surface area contributed by atoms with Crippen molar-refractivity contribution in [1.29, 1.82) is 0 Å². The molecule has 152 valence electrons. The Labute approximate surface area is 176 Å². The molecule has 0 unspecified atom stereocenters. The second-order valence-corrected chi connectivity index (χ2v) is 7.74. The zero-order valence-electron chi connectivity index (χ0n) is 16.9. The van der Waals surface area contributed by atoms with Gasteiger partial charge in [-0.3, -0.25) is 4.90 Å². The predicted molar refractivity (Wildman–Crippen MR) is 115 cm³/mol. The van der Waals surface area contributed by atoms with Gasteiger partial charge in [-0.05, 0) is 55.8 Å². The molecular formula is C22H25ClN4O2. The zero-order valence-corrected chi connectivity index (χ0v) is 17.7. The maximum atomic E-state index is 6.19. The van der Waals surface area contributed by atoms with Gasteiger partial charge in [-0.1, -0.05) is 17.7 Å². The van der Waals surface area contributed by atoms with Gasteiger partial charge in [0.15, 0.2) is 0 Å². The van der Waals surface area contributed by atoms with Gasteiger partial charge >= 0.3 is 0 Å². The van der Waals surface area contributed by atoms with Gasteiger partial charge in [0.05, 0.1) is 13.2 Å². The molecule has 0 spiro atoms. The number of hydrogen-bond acceptors (Lipinski definition) is 6. The number of rotatable bonds is 5. The summed E-state index contributed by atoms with van der Waals surface area (Å²) in [6.45, 7) is 7.96. The Bertz CT molecular complexity index is 965. The monoisotopic (exact) mass is 412 g/mol. The molecular weight excluding hydrogens is 388 g/mol. The van der Waals surface area contributed by atoms with E-state index < -0.39 is 0 Å². The van der Waals surface area contributed by atoms with Crippen molar-refractivity contribution in [2.24, 2.45) is 0 Å². The van der Waals surface area contributed by atoms with E-state index in [4.69, 9.17) is 20.8 Å². The van der Waals surface area contributed by atoms with E-state index in [0.717, 1.165) is 42.5 Å². The maximum absolute atomic E-state index is 6.19. The normalized spacial score (nSPS) is 16.1. The summed E-state index contributed by atoms with van der Waals surface area (Å²) in [5.74, 6) is 1.97. The number of anilines is 1. The summed E-state index contributed by atoms with van der Waals surface area (Å²) in [6.07, 6.45) is 0. The molecule has 1 atom stereocenters. The quantitative estimate of drug-likeness (QED) is 0.610. The van der Waals surface area contributed by atoms with Gasteiger partial charge in [-0.2, -0.15) is 0 Å². The van der Waals surface area contributed by atoms with Crippen LogP contribution in [0.4, 0.5) is 5.69 Å². The summed E-state index contributed by atoms with van der Waals surface area (Å²) in [5, 5.41) is 9.30. The van der Waals surface area contributed by atoms with E-state index >= 15 is 0 Å². The second kappa shape index (κ2) is 8.43. The molecule has 2 heterocycles. The largest absolute Gasteiger partial charge is 0.497 e. The first-order valence-corrected chi connectivity index (χ1v) is 10.2. The highest BCUT2D eigenvalue weighted by molar-refractivity contribution is 6.30. The highest BCUT2D eigenvalue weighted by Gasteiger charge is 2.26. The summed E-state index contributed by atoms with van der Waals surface area (Å²) in [7, 11) is 1.65. The zero-order chi connectivity index (χ0) is 20.4. The highest BCUT2D eigenvalue weighted by atomic mass is 35.5. The predicted octanol–water partition coefficient (Wildman–Crippen LogP) is 4.59. The van der Waals surface area contributed by atoms with Gasteiger partial charge in [0.2, 0.25) is 11.8 Å². The average Bonchev–Trinajstić information content (AvgIpc) is 3.25. The summed E-state index contributed by atoms with van der Waals surface area (Å²) < 4.78 is 11.2. The van der Waals surface area contributed by atoms with Crippen LogP contribution in [-0.2, 0) is 0 Å². The van der Waals surface area contributed by atoms with Crippen molar-refractivity contribution >= 4 is 17.3 Å². The molecule has 0 N–H and O–H groups in total. The molecule has 1 aliphatic rings. The Morgan fingerprint density at radius 2 is 1.76 bits per heavy atom. The molecule has 1 fully saturated rings. The van der Waals surface area contributed by atoms with Crippen molar-refractivity contribution in [2.75, 3.05) is 38.2 Å². The standard InChI is InChI=1S/C22H25ClN4O2/c1-15-4-7-18(23)14-20(15)27-12-10-26(11-13-27)16(2)21-24-25-22(29-21)17-5-8-19(28-3)9-6-17/h4-9,14,16H,10-13H2,1-3H3/t16-/m1/s1. The molecule has 1 aliphatic heterocycles. The molecule has 1 aromatic heterocycles. The minimum Gasteiger partial charge on any atom is -0.497 e. The molecule has 2 aromatic carbocycles. The van der Waals surface area contributed by atoms with E-state index in [0.29, 0.717) is 11.8 Å². The molecule has 0 amide bonds. The highest BCUT2D eigenvalue weighted by Crippen LogP contribution is 2.29. The Morgan fingerprint density at radius 3 is 2.45 bits per heavy atom. The number of nitrogens with zero attached hydrogens (tertiary/aromatic N) is 4. The molecule has 3 aromatic rings. The lowest BCUT2D eigenvalue weighted by atomic mass is 10.1. The maximum Gasteiger partial charge on any atom is 0.247 e. The minimum absolute atomic E-state index is 0.0668. The van der Waals surface area contributed by atoms with Crippen LogP contribution in [0.25, 0.3) is 11.5 Å². The fourth-order valence-electron chi connectivity index (χ4n) is 3.68. The minimum atomic E-state index is 0.0668. The molecule has 1 saturated heterocycles. The number of ether oxygens (including phenoxy) is 1. The Morgan fingerprint density at radius 1 is 1.03 bits per heavy atom. The number of benzene rings is 2. The van der Waals surface area contributed by atoms with E-state index in [9.17, 15) is 0 Å². The van der Waals surface area contributed by atoms with Crippen molar-refractivity contribution in [2.45, 2.75) is 19.9 Å². The lowest BCUT2D eigenvalue weighted by Crippen LogP contribution is -2.47. The van der Waals surface area contributed by atoms with Gasteiger partial charge in [-0.25, -0.2) is 0 Å². The summed E-state index contributed by atoms with van der Waals surface area (Å²) in [5.41, 5.74) is 3.35. The fraction of sp³-hybridized carbons (Fsp3) is 0.364. The summed E-state index contributed by atoms with van der Waals surface area (Å²) in [4.78, 5) is 4.77. The van der Waals surface area contributed by atoms with Crippen molar-refractivity contribution in [1.82, 2.24) is 15.1 Å². The van der Waals surface area contributed by atoms with Gasteiger partial charge < -0.3 is 14.1 Å². The lowest BCUT2D eigenvalue weighted by Gasteiger charge is -2.38. The Balaban J connectivity index is 1.41. The molecule has 0 saturated carbocycles. The first-order chi connectivity index (χ1) is 14.0. The van der Waals surface area contributed by atoms with Gasteiger partial charge in [0, 0.05) is 42.5 Å². The lowest BCUT2D eigenvalue weighted by molar-refractivity contribution is 0.173. The molecule has 29 heavy (non-hydrogen) atoms. The first-order valence-electron chi connectivity index (χ1n) is 9.78. The Kier molecular flexibility index (Phi) is 5.74. The van der Waals surface area contributed by atoms with E-state index in [1.54, 1.807) is 7.11 Å². The van der Waals surface area contributed by atoms with Crippen molar-refractivity contribution in [3.05, 3.63) is 58.9 Å². The number of hydrogen-bond donors (Lipinski definition) is 0. The van der Waals surface area contributed by atoms with Crippen LogP contribution in [-0.4, -0.2) is 48.4 Å². The molecule has 0 radical (unpaired) electrons. The molecule has 0 bridgehead atoms. The SMILES string of the molecule is COc1ccc(-c2nnc([C@@H](C)N3CCN(c4cc(Cl)ccc4C)CC3)o2)cc1. The van der Waals surface area contributed by atoms with E-state index in [1.807, 2.05) is 30.3 Å². The number of halogens is 1. The van der Waals surface area contributed by atoms with Gasteiger partial charge in [0.25, 0.3) is 0 Å². The topological polar surface area (TPSA) is 54.6 Å². The fourth-order valence-corrected chi connectivity index (χ4v) is 3.85. The number of methoxy groups -OCH3 is 1. The molecule has 7 heteroatoms. The number of aromatic nitrogens is 2. The smallest absolute Gasteiger partial charge is 0.247 e. The van der Waals surface area contributed by atoms with Crippen LogP contribution >= 0.6 is 11.6 Å². The molecule has 6 nitrogen and oxygen atoms in total. The van der Waals surface area contributed by atoms with E-state index in [1.165, 1.54) is 11.3 Å². The Hall–Kier alpha value is -2.57. The number of aryl methyl sites for hydroxylation is 1. The van der Waals surface area contributed by atoms with Crippen LogP contribution in [0.2, 0.25) is 5.02 Å². The van der Waals surface area contributed by atoms with Crippen LogP contribution in [0.15, 0.2) is 46.9 Å². The third kappa shape index (κ3) is 4.23. The van der Waals surface area contributed by atoms with E-state index in [2.05, 4.69) is 46.0 Å². The van der Waals surface area contributed by atoms with Gasteiger partial charge in [0.1, 0.15) is 5.75 Å². The van der Waals surface area contributed by atoms with Crippen LogP contribution < -0.4 is 9.64 Å². The molecule has 4 rings (SSSR count). The van der Waals surface area contributed by atoms with Crippen LogP contribution in [0.1, 0.15) is 24.4 Å². The average molecular weight is 413 g/mol. The first kappa shape index (κ1) is 19.7. The third-order valence-corrected chi connectivity index (χ3v) is 5.74. The summed E-state index contributed by atoms with van der Waals surface area (Å²) >= 11 is 6.19. The van der Waals surface area contributed by atoms with Crippen molar-refractivity contribution in [3.63, 3.8) is 0 Å². The van der Waals surface area contributed by atoms with Crippen LogP contribution in [0.3, 0.4) is 0 Å². The second-order valence-electron chi connectivity index (χ2n) is 7.30. The number of piperazine rings is 1.